The summed E-state index contributed by atoms with van der Waals surface area (Å²) in [4.78, 5) is 27.3. The summed E-state index contributed by atoms with van der Waals surface area (Å²) >= 11 is 12.1. The number of methoxy groups -OCH3 is 1. The number of likely N-dealkylation sites (N-methyl/N-ethyl adjacent to an activating group) is 1. The van der Waals surface area contributed by atoms with Crippen LogP contribution in [-0.4, -0.2) is 58.1 Å². The summed E-state index contributed by atoms with van der Waals surface area (Å²) in [6, 6.07) is 10.5. The second-order valence-electron chi connectivity index (χ2n) is 7.28. The molecule has 0 aliphatic carbocycles. The summed E-state index contributed by atoms with van der Waals surface area (Å²) in [6.45, 7) is 1.31. The van der Waals surface area contributed by atoms with Gasteiger partial charge in [0.1, 0.15) is 18.3 Å². The van der Waals surface area contributed by atoms with Crippen LogP contribution in [-0.2, 0) is 26.2 Å². The molecular formula is C22H27Cl2N3O5S. The fourth-order valence-electron chi connectivity index (χ4n) is 3.30. The Bertz CT molecular complexity index is 1110. The molecule has 0 aliphatic heterocycles. The van der Waals surface area contributed by atoms with Crippen molar-refractivity contribution in [3.8, 4) is 5.75 Å². The number of nitrogens with zero attached hydrogens (tertiary/aromatic N) is 2. The lowest BCUT2D eigenvalue weighted by Crippen LogP contribution is -2.51. The Hall–Kier alpha value is -2.49. The number of hydrogen-bond acceptors (Lipinski definition) is 5. The van der Waals surface area contributed by atoms with Crippen LogP contribution in [0.2, 0.25) is 10.0 Å². The van der Waals surface area contributed by atoms with Crippen molar-refractivity contribution >= 4 is 50.7 Å². The Morgan fingerprint density at radius 1 is 1.12 bits per heavy atom. The predicted octanol–water partition coefficient (Wildman–Crippen LogP) is 3.32. The maximum Gasteiger partial charge on any atom is 0.244 e. The van der Waals surface area contributed by atoms with Gasteiger partial charge in [-0.2, -0.15) is 0 Å². The minimum absolute atomic E-state index is 0.0390. The third kappa shape index (κ3) is 6.99. The number of nitrogens with one attached hydrogen (secondary N) is 1. The van der Waals surface area contributed by atoms with E-state index in [9.17, 15) is 18.0 Å². The monoisotopic (exact) mass is 515 g/mol. The highest BCUT2D eigenvalue weighted by Gasteiger charge is 2.31. The highest BCUT2D eigenvalue weighted by atomic mass is 35.5. The van der Waals surface area contributed by atoms with Crippen molar-refractivity contribution < 1.29 is 22.7 Å². The van der Waals surface area contributed by atoms with Gasteiger partial charge < -0.3 is 15.0 Å². The largest absolute Gasteiger partial charge is 0.497 e. The molecular weight excluding hydrogens is 489 g/mol. The normalized spacial score (nSPS) is 12.1. The minimum atomic E-state index is -3.82. The fraction of sp³-hybridized carbons (Fsp3) is 0.364. The van der Waals surface area contributed by atoms with Crippen LogP contribution in [0.1, 0.15) is 18.9 Å². The molecule has 0 fully saturated rings. The van der Waals surface area contributed by atoms with Gasteiger partial charge in [-0.1, -0.05) is 42.3 Å². The first kappa shape index (κ1) is 26.8. The van der Waals surface area contributed by atoms with E-state index >= 15 is 0 Å². The molecule has 8 nitrogen and oxygen atoms in total. The maximum atomic E-state index is 13.5. The van der Waals surface area contributed by atoms with Gasteiger partial charge in [0.15, 0.2) is 0 Å². The molecule has 2 rings (SSSR count). The van der Waals surface area contributed by atoms with Crippen LogP contribution in [0.15, 0.2) is 42.5 Å². The van der Waals surface area contributed by atoms with E-state index in [-0.39, 0.29) is 18.1 Å². The molecule has 0 saturated carbocycles. The first-order valence-electron chi connectivity index (χ1n) is 10.1. The van der Waals surface area contributed by atoms with E-state index in [4.69, 9.17) is 27.9 Å². The molecule has 2 aromatic rings. The van der Waals surface area contributed by atoms with Crippen LogP contribution in [0.5, 0.6) is 5.75 Å². The van der Waals surface area contributed by atoms with Gasteiger partial charge in [0, 0.05) is 19.7 Å². The number of sulfonamides is 1. The third-order valence-corrected chi connectivity index (χ3v) is 6.87. The molecule has 0 radical (unpaired) electrons. The van der Waals surface area contributed by atoms with Gasteiger partial charge in [-0.25, -0.2) is 8.42 Å². The van der Waals surface area contributed by atoms with Crippen LogP contribution in [0, 0.1) is 0 Å². The van der Waals surface area contributed by atoms with Crippen LogP contribution >= 0.6 is 23.2 Å². The van der Waals surface area contributed by atoms with Crippen LogP contribution in [0.4, 0.5) is 5.69 Å². The van der Waals surface area contributed by atoms with E-state index < -0.39 is 28.5 Å². The van der Waals surface area contributed by atoms with E-state index in [0.29, 0.717) is 27.8 Å². The Morgan fingerprint density at radius 3 is 2.36 bits per heavy atom. The highest BCUT2D eigenvalue weighted by molar-refractivity contribution is 7.92. The van der Waals surface area contributed by atoms with Gasteiger partial charge in [0.05, 0.1) is 29.1 Å². The number of hydrogen-bond donors (Lipinski definition) is 1. The number of ether oxygens (including phenoxy) is 1. The number of carbonyl (C=O) groups excluding carboxylic acids is 2. The maximum absolute atomic E-state index is 13.5. The Balaban J connectivity index is 2.45. The molecule has 2 aromatic carbocycles. The van der Waals surface area contributed by atoms with Crippen molar-refractivity contribution in [1.82, 2.24) is 10.2 Å². The molecule has 0 aromatic heterocycles. The average molecular weight is 516 g/mol. The lowest BCUT2D eigenvalue weighted by molar-refractivity contribution is -0.140. The van der Waals surface area contributed by atoms with Gasteiger partial charge in [-0.05, 0) is 36.2 Å². The average Bonchev–Trinajstić information content (AvgIpc) is 2.78. The van der Waals surface area contributed by atoms with Crippen molar-refractivity contribution in [2.45, 2.75) is 25.9 Å². The summed E-state index contributed by atoms with van der Waals surface area (Å²) in [6.07, 6.45) is 1.34. The van der Waals surface area contributed by atoms with Gasteiger partial charge in [-0.3, -0.25) is 13.9 Å². The van der Waals surface area contributed by atoms with Gasteiger partial charge in [0.25, 0.3) is 0 Å². The molecule has 0 heterocycles. The molecule has 1 atom stereocenters. The van der Waals surface area contributed by atoms with Gasteiger partial charge in [0.2, 0.25) is 21.8 Å². The van der Waals surface area contributed by atoms with Gasteiger partial charge in [-0.15, -0.1) is 0 Å². The molecule has 0 aliphatic rings. The molecule has 0 spiro atoms. The van der Waals surface area contributed by atoms with Crippen molar-refractivity contribution in [2.75, 3.05) is 31.3 Å². The van der Waals surface area contributed by atoms with E-state index in [1.807, 2.05) is 0 Å². The van der Waals surface area contributed by atoms with Crippen LogP contribution in [0.25, 0.3) is 0 Å². The number of halogens is 2. The highest BCUT2D eigenvalue weighted by Crippen LogP contribution is 2.26. The Labute approximate surface area is 204 Å². The molecule has 2 amide bonds. The summed E-state index contributed by atoms with van der Waals surface area (Å²) in [5.41, 5.74) is 0.917. The number of anilines is 1. The third-order valence-electron chi connectivity index (χ3n) is 4.99. The topological polar surface area (TPSA) is 96.0 Å². The lowest BCUT2D eigenvalue weighted by Gasteiger charge is -2.32. The fourth-order valence-corrected chi connectivity index (χ4v) is 4.46. The number of benzene rings is 2. The van der Waals surface area contributed by atoms with E-state index in [2.05, 4.69) is 5.32 Å². The van der Waals surface area contributed by atoms with Crippen molar-refractivity contribution in [1.29, 1.82) is 0 Å². The summed E-state index contributed by atoms with van der Waals surface area (Å²) in [5.74, 6) is -0.471. The second-order valence-corrected chi connectivity index (χ2v) is 10.0. The number of carbonyl (C=O) groups is 2. The zero-order chi connectivity index (χ0) is 24.8. The summed E-state index contributed by atoms with van der Waals surface area (Å²) in [5, 5.41) is 3.23. The van der Waals surface area contributed by atoms with E-state index in [1.165, 1.54) is 25.1 Å². The molecule has 0 bridgehead atoms. The molecule has 0 unspecified atom stereocenters. The molecule has 11 heteroatoms. The second kappa shape index (κ2) is 11.6. The van der Waals surface area contributed by atoms with E-state index in [0.717, 1.165) is 10.6 Å². The lowest BCUT2D eigenvalue weighted by atomic mass is 10.1. The minimum Gasteiger partial charge on any atom is -0.497 e. The molecule has 0 saturated heterocycles. The van der Waals surface area contributed by atoms with E-state index in [1.54, 1.807) is 43.3 Å². The standard InChI is InChI=1S/C22H27Cl2N3O5S/c1-5-20(22(29)25-2)26(13-15-9-10-18(23)19(24)11-15)21(28)14-27(33(4,30)31)16-7-6-8-17(12-16)32-3/h6-12,20H,5,13-14H2,1-4H3,(H,25,29)/t20-/m0/s1. The SMILES string of the molecule is CC[C@@H](C(=O)NC)N(Cc1ccc(Cl)c(Cl)c1)C(=O)CN(c1cccc(OC)c1)S(C)(=O)=O. The van der Waals surface area contributed by atoms with Crippen molar-refractivity contribution in [3.05, 3.63) is 58.1 Å². The molecule has 1 N–H and O–H groups in total. The number of amides is 2. The molecule has 180 valence electrons. The van der Waals surface area contributed by atoms with Crippen LogP contribution < -0.4 is 14.4 Å². The summed E-state index contributed by atoms with van der Waals surface area (Å²) in [7, 11) is -0.884. The zero-order valence-electron chi connectivity index (χ0n) is 18.8. The van der Waals surface area contributed by atoms with Crippen molar-refractivity contribution in [3.63, 3.8) is 0 Å². The zero-order valence-corrected chi connectivity index (χ0v) is 21.2. The quantitative estimate of drug-likeness (QED) is 0.523. The van der Waals surface area contributed by atoms with Gasteiger partial charge >= 0.3 is 0 Å². The Kier molecular flexibility index (Phi) is 9.39. The molecule has 33 heavy (non-hydrogen) atoms. The first-order valence-corrected chi connectivity index (χ1v) is 12.7. The first-order chi connectivity index (χ1) is 15.5. The van der Waals surface area contributed by atoms with Crippen LogP contribution in [0.3, 0.4) is 0 Å². The number of rotatable bonds is 10. The summed E-state index contributed by atoms with van der Waals surface area (Å²) < 4.78 is 31.3. The Morgan fingerprint density at radius 2 is 1.82 bits per heavy atom. The predicted molar refractivity (Wildman–Crippen MR) is 130 cm³/mol. The smallest absolute Gasteiger partial charge is 0.244 e. The van der Waals surface area contributed by atoms with Crippen molar-refractivity contribution in [2.24, 2.45) is 0 Å².